The van der Waals surface area contributed by atoms with Crippen molar-refractivity contribution >= 4 is 81.4 Å². The Morgan fingerprint density at radius 1 is 0.714 bits per heavy atom. The Balaban J connectivity index is 1.19. The van der Waals surface area contributed by atoms with E-state index in [0.29, 0.717) is 79.4 Å². The zero-order valence-electron chi connectivity index (χ0n) is 30.2. The highest BCUT2D eigenvalue weighted by molar-refractivity contribution is 7.94. The van der Waals surface area contributed by atoms with Crippen molar-refractivity contribution in [2.24, 2.45) is 11.5 Å². The predicted octanol–water partition coefficient (Wildman–Crippen LogP) is 0.715. The highest BCUT2D eigenvalue weighted by atomic mass is 32.2. The predicted molar refractivity (Wildman–Crippen MR) is 213 cm³/mol. The van der Waals surface area contributed by atoms with Gasteiger partial charge in [0.25, 0.3) is 10.1 Å². The fourth-order valence-corrected chi connectivity index (χ4v) is 7.37. The lowest BCUT2D eigenvalue weighted by atomic mass is 10.1. The lowest BCUT2D eigenvalue weighted by Crippen LogP contribution is -2.48. The van der Waals surface area contributed by atoms with Crippen LogP contribution in [0.1, 0.15) is 11.1 Å². The molecule has 2 aliphatic heterocycles. The van der Waals surface area contributed by atoms with Gasteiger partial charge < -0.3 is 43.4 Å². The summed E-state index contributed by atoms with van der Waals surface area (Å²) in [5, 5.41) is 18.8. The van der Waals surface area contributed by atoms with Crippen LogP contribution in [0, 0.1) is 0 Å². The molecule has 0 aliphatic carbocycles. The molecule has 4 aromatic rings. The van der Waals surface area contributed by atoms with Crippen molar-refractivity contribution in [3.8, 4) is 0 Å². The van der Waals surface area contributed by atoms with Crippen molar-refractivity contribution in [3.63, 3.8) is 0 Å². The summed E-state index contributed by atoms with van der Waals surface area (Å²) in [4.78, 5) is 34.6. The molecule has 12 N–H and O–H groups in total. The van der Waals surface area contributed by atoms with Crippen LogP contribution in [0.4, 0.5) is 47.1 Å². The van der Waals surface area contributed by atoms with E-state index in [1.807, 2.05) is 9.80 Å². The zero-order chi connectivity index (χ0) is 39.7. The van der Waals surface area contributed by atoms with E-state index in [9.17, 15) is 13.0 Å². The standard InChI is InChI=1S/C32H44N16O6S2/c33-7-9-45-11-15-47(16-12-45)31-41-27(35)39-29(43-31)37-23-5-3-21(25(19-23)55-54-53-49)1-2-22-4-6-24(20-26(22)56(50,51)52)38-30-40-28(36)42-32(44-30)48-17-13-46(10-8-34)14-18-48/h1-6,19-20,49H,7-18,33-34H2,(H,50,51,52)(H3,35,37,39,41,43)(H3,36,38,40,42,44). The molecule has 6 rings (SSSR count). The molecule has 2 aromatic heterocycles. The molecule has 0 saturated carbocycles. The van der Waals surface area contributed by atoms with Gasteiger partial charge in [0.1, 0.15) is 4.90 Å². The van der Waals surface area contributed by atoms with Gasteiger partial charge in [0, 0.05) is 94.8 Å². The molecule has 0 bridgehead atoms. The SMILES string of the molecule is NCCN1CCN(c2nc(N)nc(Nc3ccc(C=Cc4ccc(Nc5nc(N)nc(N6CCN(CCN)CC6)n5)cc4S(=O)(=O)O)c(SOOO)c3)n2)CC1. The first-order valence-electron chi connectivity index (χ1n) is 17.5. The largest absolute Gasteiger partial charge is 0.368 e. The van der Waals surface area contributed by atoms with Gasteiger partial charge in [-0.05, 0) is 35.4 Å². The molecule has 22 nitrogen and oxygen atoms in total. The molecule has 2 aliphatic rings. The van der Waals surface area contributed by atoms with Crippen LogP contribution in [-0.4, -0.2) is 136 Å². The molecule has 2 fully saturated rings. The number of nitrogen functional groups attached to an aromatic ring is 2. The van der Waals surface area contributed by atoms with Gasteiger partial charge in [-0.3, -0.25) is 14.4 Å². The average molecular weight is 813 g/mol. The maximum atomic E-state index is 12.6. The van der Waals surface area contributed by atoms with Crippen LogP contribution >= 0.6 is 12.0 Å². The lowest BCUT2D eigenvalue weighted by molar-refractivity contribution is -0.432. The van der Waals surface area contributed by atoms with E-state index in [1.165, 1.54) is 18.2 Å². The van der Waals surface area contributed by atoms with Crippen LogP contribution in [0.25, 0.3) is 12.2 Å². The third kappa shape index (κ3) is 10.8. The molecule has 4 heterocycles. The van der Waals surface area contributed by atoms with E-state index in [4.69, 9.17) is 32.5 Å². The normalized spacial score (nSPS) is 15.8. The van der Waals surface area contributed by atoms with Gasteiger partial charge >= 0.3 is 0 Å². The Labute approximate surface area is 327 Å². The Kier molecular flexibility index (Phi) is 13.6. The Morgan fingerprint density at radius 3 is 1.68 bits per heavy atom. The molecule has 0 amide bonds. The first kappa shape index (κ1) is 40.6. The fourth-order valence-electron chi connectivity index (χ4n) is 6.15. The third-order valence-electron chi connectivity index (χ3n) is 8.90. The second kappa shape index (κ2) is 18.7. The van der Waals surface area contributed by atoms with Gasteiger partial charge in [-0.1, -0.05) is 29.3 Å². The third-order valence-corrected chi connectivity index (χ3v) is 10.5. The maximum absolute atomic E-state index is 12.6. The summed E-state index contributed by atoms with van der Waals surface area (Å²) in [5.41, 5.74) is 24.9. The summed E-state index contributed by atoms with van der Waals surface area (Å²) in [6.45, 7) is 8.70. The fraction of sp³-hybridized carbons (Fsp3) is 0.375. The summed E-state index contributed by atoms with van der Waals surface area (Å²) in [6, 6.07) is 9.44. The van der Waals surface area contributed by atoms with E-state index in [2.05, 4.69) is 55.4 Å². The molecule has 0 atom stereocenters. The number of rotatable bonds is 16. The number of nitrogens with one attached hydrogen (secondary N) is 2. The van der Waals surface area contributed by atoms with E-state index in [0.717, 1.165) is 39.3 Å². The zero-order valence-corrected chi connectivity index (χ0v) is 31.9. The second-order valence-corrected chi connectivity index (χ2v) is 14.8. The second-order valence-electron chi connectivity index (χ2n) is 12.7. The van der Waals surface area contributed by atoms with E-state index >= 15 is 0 Å². The minimum absolute atomic E-state index is 0.0166. The number of hydrogen-bond donors (Lipinski definition) is 8. The van der Waals surface area contributed by atoms with Gasteiger partial charge in [0.2, 0.25) is 35.7 Å². The number of piperazine rings is 2. The van der Waals surface area contributed by atoms with Crippen LogP contribution in [0.2, 0.25) is 0 Å². The molecular formula is C32H44N16O6S2. The number of nitrogens with two attached hydrogens (primary N) is 4. The van der Waals surface area contributed by atoms with E-state index < -0.39 is 10.1 Å². The van der Waals surface area contributed by atoms with Gasteiger partial charge in [0.05, 0.1) is 12.0 Å². The molecule has 0 unspecified atom stereocenters. The van der Waals surface area contributed by atoms with Crippen molar-refractivity contribution in [1.82, 2.24) is 39.7 Å². The Bertz CT molecular complexity index is 2100. The summed E-state index contributed by atoms with van der Waals surface area (Å²) < 4.78 is 40.1. The topological polar surface area (TPSA) is 312 Å². The summed E-state index contributed by atoms with van der Waals surface area (Å²) in [5.74, 6) is 1.14. The van der Waals surface area contributed by atoms with Crippen LogP contribution < -0.4 is 43.4 Å². The van der Waals surface area contributed by atoms with Crippen molar-refractivity contribution in [3.05, 3.63) is 47.5 Å². The van der Waals surface area contributed by atoms with Crippen molar-refractivity contribution in [2.75, 3.05) is 110 Å². The maximum Gasteiger partial charge on any atom is 0.295 e. The number of nitrogens with zero attached hydrogens (tertiary/aromatic N) is 10. The summed E-state index contributed by atoms with van der Waals surface area (Å²) in [7, 11) is -4.71. The van der Waals surface area contributed by atoms with Crippen LogP contribution in [0.5, 0.6) is 0 Å². The first-order valence-corrected chi connectivity index (χ1v) is 19.7. The number of anilines is 8. The number of benzene rings is 2. The first-order chi connectivity index (χ1) is 27.0. The lowest BCUT2D eigenvalue weighted by Gasteiger charge is -2.34. The minimum Gasteiger partial charge on any atom is -0.368 e. The highest BCUT2D eigenvalue weighted by Crippen LogP contribution is 2.31. The quantitative estimate of drug-likeness (QED) is 0.0254. The molecule has 24 heteroatoms. The Hall–Kier alpha value is -5.02. The van der Waals surface area contributed by atoms with Gasteiger partial charge in [-0.25, -0.2) is 5.26 Å². The monoisotopic (exact) mass is 812 g/mol. The molecule has 0 radical (unpaired) electrons. The summed E-state index contributed by atoms with van der Waals surface area (Å²) >= 11 is 0.687. The van der Waals surface area contributed by atoms with E-state index in [1.54, 1.807) is 30.3 Å². The van der Waals surface area contributed by atoms with Crippen molar-refractivity contribution < 1.29 is 27.6 Å². The average Bonchev–Trinajstić information content (AvgIpc) is 3.17. The smallest absolute Gasteiger partial charge is 0.295 e. The molecule has 0 spiro atoms. The minimum atomic E-state index is -4.71. The van der Waals surface area contributed by atoms with Gasteiger partial charge in [-0.2, -0.15) is 38.3 Å². The molecule has 2 saturated heterocycles. The van der Waals surface area contributed by atoms with E-state index in [-0.39, 0.29) is 39.9 Å². The van der Waals surface area contributed by atoms with Crippen LogP contribution in [-0.2, 0) is 19.5 Å². The molecule has 2 aromatic carbocycles. The van der Waals surface area contributed by atoms with Crippen LogP contribution in [0.3, 0.4) is 0 Å². The Morgan fingerprint density at radius 2 is 1.20 bits per heavy atom. The van der Waals surface area contributed by atoms with Gasteiger partial charge in [0.15, 0.2) is 0 Å². The number of hydrogen-bond acceptors (Lipinski definition) is 22. The molecular weight excluding hydrogens is 769 g/mol. The summed E-state index contributed by atoms with van der Waals surface area (Å²) in [6.07, 6.45) is 3.09. The van der Waals surface area contributed by atoms with Crippen molar-refractivity contribution in [2.45, 2.75) is 9.79 Å². The number of aromatic nitrogens is 6. The highest BCUT2D eigenvalue weighted by Gasteiger charge is 2.22. The molecule has 300 valence electrons. The molecule has 56 heavy (non-hydrogen) atoms. The van der Waals surface area contributed by atoms with Crippen LogP contribution in [0.15, 0.2) is 46.2 Å². The van der Waals surface area contributed by atoms with Crippen molar-refractivity contribution in [1.29, 1.82) is 0 Å². The van der Waals surface area contributed by atoms with Gasteiger partial charge in [-0.15, -0.1) is 4.33 Å².